The van der Waals surface area contributed by atoms with Gasteiger partial charge in [-0.25, -0.2) is 4.57 Å². The van der Waals surface area contributed by atoms with E-state index >= 15 is 0 Å². The zero-order valence-corrected chi connectivity index (χ0v) is 37.0. The van der Waals surface area contributed by atoms with E-state index in [-0.39, 0.29) is 12.8 Å². The highest BCUT2D eigenvalue weighted by atomic mass is 31.2. The number of allylic oxidation sites excluding steroid dienone is 2. The quantitative estimate of drug-likeness (QED) is 0.0235. The summed E-state index contributed by atoms with van der Waals surface area (Å²) in [6.07, 6.45) is 40.4. The average Bonchev–Trinajstić information content (AvgIpc) is 3.19. The standard InChI is InChI=1S/C45H87O10P/c1-3-5-7-9-11-13-15-17-19-21-23-25-27-29-31-33-35-37-45(49)55-43(39-47)41-53-56(50,51)52-40-42(38-46)54-44(48)36-34-32-30-28-26-24-22-20-18-16-14-12-10-8-6-4-2/h20,22,42-43,46-47H,3-19,21,23-41H2,1-2H3,(H,50,51)/b22-20-. The Morgan fingerprint density at radius 1 is 0.464 bits per heavy atom. The van der Waals surface area contributed by atoms with Gasteiger partial charge in [0.05, 0.1) is 26.4 Å². The van der Waals surface area contributed by atoms with E-state index < -0.39 is 58.4 Å². The molecule has 11 heteroatoms. The van der Waals surface area contributed by atoms with Gasteiger partial charge in [0.2, 0.25) is 0 Å². The zero-order valence-electron chi connectivity index (χ0n) is 36.1. The minimum absolute atomic E-state index is 0.186. The van der Waals surface area contributed by atoms with E-state index in [2.05, 4.69) is 26.0 Å². The lowest BCUT2D eigenvalue weighted by atomic mass is 10.0. The van der Waals surface area contributed by atoms with Crippen molar-refractivity contribution >= 4 is 19.8 Å². The third-order valence-corrected chi connectivity index (χ3v) is 11.2. The van der Waals surface area contributed by atoms with Gasteiger partial charge < -0.3 is 24.6 Å². The lowest BCUT2D eigenvalue weighted by molar-refractivity contribution is -0.153. The van der Waals surface area contributed by atoms with E-state index in [0.29, 0.717) is 12.8 Å². The van der Waals surface area contributed by atoms with E-state index in [1.807, 2.05) is 0 Å². The maximum Gasteiger partial charge on any atom is 0.472 e. The fourth-order valence-electron chi connectivity index (χ4n) is 6.64. The Bertz CT molecular complexity index is 946. The van der Waals surface area contributed by atoms with Gasteiger partial charge in [-0.05, 0) is 38.5 Å². The van der Waals surface area contributed by atoms with Crippen LogP contribution < -0.4 is 0 Å². The molecule has 0 amide bonds. The molecule has 3 N–H and O–H groups in total. The number of unbranched alkanes of at least 4 members (excludes halogenated alkanes) is 28. The molecule has 0 radical (unpaired) electrons. The summed E-state index contributed by atoms with van der Waals surface area (Å²) in [5, 5.41) is 19.2. The molecule has 0 spiro atoms. The largest absolute Gasteiger partial charge is 0.472 e. The van der Waals surface area contributed by atoms with Crippen LogP contribution in [0.5, 0.6) is 0 Å². The van der Waals surface area contributed by atoms with Gasteiger partial charge in [-0.3, -0.25) is 18.6 Å². The molecular formula is C45H87O10P. The van der Waals surface area contributed by atoms with E-state index in [9.17, 15) is 29.3 Å². The molecule has 0 saturated carbocycles. The van der Waals surface area contributed by atoms with Crippen LogP contribution in [-0.4, -0.2) is 65.7 Å². The minimum atomic E-state index is -4.63. The Morgan fingerprint density at radius 2 is 0.732 bits per heavy atom. The molecule has 0 rings (SSSR count). The van der Waals surface area contributed by atoms with Gasteiger partial charge in [-0.15, -0.1) is 0 Å². The number of rotatable bonds is 44. The normalized spacial score (nSPS) is 13.9. The number of hydrogen-bond donors (Lipinski definition) is 3. The number of esters is 2. The van der Waals surface area contributed by atoms with Gasteiger partial charge in [0.1, 0.15) is 12.2 Å². The van der Waals surface area contributed by atoms with Crippen molar-refractivity contribution in [3.05, 3.63) is 12.2 Å². The van der Waals surface area contributed by atoms with Crippen LogP contribution in [0.2, 0.25) is 0 Å². The van der Waals surface area contributed by atoms with Crippen molar-refractivity contribution in [3.8, 4) is 0 Å². The maximum absolute atomic E-state index is 12.4. The summed E-state index contributed by atoms with van der Waals surface area (Å²) in [5.74, 6) is -1.02. The van der Waals surface area contributed by atoms with Crippen LogP contribution >= 0.6 is 7.82 Å². The second-order valence-electron chi connectivity index (χ2n) is 15.7. The van der Waals surface area contributed by atoms with Crippen molar-refractivity contribution in [1.82, 2.24) is 0 Å². The number of carbonyl (C=O) groups is 2. The molecule has 0 saturated heterocycles. The number of aliphatic hydroxyl groups is 2. The average molecular weight is 819 g/mol. The van der Waals surface area contributed by atoms with Crippen molar-refractivity contribution in [1.29, 1.82) is 0 Å². The number of aliphatic hydroxyl groups excluding tert-OH is 2. The Morgan fingerprint density at radius 3 is 1.02 bits per heavy atom. The number of ether oxygens (including phenoxy) is 2. The maximum atomic E-state index is 12.4. The van der Waals surface area contributed by atoms with Gasteiger partial charge in [0, 0.05) is 12.8 Å². The van der Waals surface area contributed by atoms with Crippen molar-refractivity contribution in [2.24, 2.45) is 0 Å². The molecule has 3 unspecified atom stereocenters. The molecule has 0 aliphatic carbocycles. The number of phosphoric ester groups is 1. The molecule has 10 nitrogen and oxygen atoms in total. The van der Waals surface area contributed by atoms with Gasteiger partial charge in [-0.2, -0.15) is 0 Å². The molecule has 0 aliphatic rings. The van der Waals surface area contributed by atoms with Gasteiger partial charge in [0.25, 0.3) is 0 Å². The van der Waals surface area contributed by atoms with Crippen LogP contribution in [0, 0.1) is 0 Å². The summed E-state index contributed by atoms with van der Waals surface area (Å²) in [4.78, 5) is 34.6. The fourth-order valence-corrected chi connectivity index (χ4v) is 7.42. The number of carbonyl (C=O) groups excluding carboxylic acids is 2. The summed E-state index contributed by atoms with van der Waals surface area (Å²) >= 11 is 0. The Labute approximate surface area is 343 Å². The zero-order chi connectivity index (χ0) is 41.2. The first-order chi connectivity index (χ1) is 27.3. The third-order valence-electron chi connectivity index (χ3n) is 10.2. The van der Waals surface area contributed by atoms with Crippen LogP contribution in [0.1, 0.15) is 226 Å². The molecule has 0 bridgehead atoms. The summed E-state index contributed by atoms with van der Waals surface area (Å²) < 4.78 is 32.6. The number of hydrogen-bond acceptors (Lipinski definition) is 9. The van der Waals surface area contributed by atoms with E-state index in [0.717, 1.165) is 51.4 Å². The van der Waals surface area contributed by atoms with E-state index in [1.54, 1.807) is 0 Å². The number of phosphoric acid groups is 1. The fraction of sp³-hybridized carbons (Fsp3) is 0.911. The molecule has 0 fully saturated rings. The van der Waals surface area contributed by atoms with Crippen molar-refractivity contribution in [2.45, 2.75) is 238 Å². The Hall–Kier alpha value is -1.29. The Kier molecular flexibility index (Phi) is 40.9. The molecule has 0 heterocycles. The molecule has 0 aromatic carbocycles. The van der Waals surface area contributed by atoms with Crippen molar-refractivity contribution in [2.75, 3.05) is 26.4 Å². The van der Waals surface area contributed by atoms with Crippen molar-refractivity contribution < 1.29 is 47.8 Å². The first-order valence-corrected chi connectivity index (χ1v) is 24.6. The van der Waals surface area contributed by atoms with Gasteiger partial charge in [-0.1, -0.05) is 187 Å². The summed E-state index contributed by atoms with van der Waals surface area (Å²) in [6, 6.07) is 0. The monoisotopic (exact) mass is 819 g/mol. The van der Waals surface area contributed by atoms with Gasteiger partial charge >= 0.3 is 19.8 Å². The van der Waals surface area contributed by atoms with Crippen LogP contribution in [-0.2, 0) is 32.7 Å². The molecule has 0 aliphatic heterocycles. The summed E-state index contributed by atoms with van der Waals surface area (Å²) in [5.41, 5.74) is 0. The summed E-state index contributed by atoms with van der Waals surface area (Å²) in [6.45, 7) is 2.23. The molecule has 3 atom stereocenters. The highest BCUT2D eigenvalue weighted by Gasteiger charge is 2.27. The smallest absolute Gasteiger partial charge is 0.457 e. The minimum Gasteiger partial charge on any atom is -0.457 e. The molecule has 0 aromatic rings. The lowest BCUT2D eigenvalue weighted by Gasteiger charge is -2.20. The van der Waals surface area contributed by atoms with Gasteiger partial charge in [0.15, 0.2) is 0 Å². The predicted molar refractivity (Wildman–Crippen MR) is 229 cm³/mol. The SMILES string of the molecule is CCCCCCCCC/C=C\CCCCCCCC(=O)OC(CO)COP(=O)(O)OCC(CO)OC(=O)CCCCCCCCCCCCCCCCCCC. The second-order valence-corrected chi connectivity index (χ2v) is 17.2. The third kappa shape index (κ3) is 39.5. The topological polar surface area (TPSA) is 149 Å². The Balaban J connectivity index is 3.87. The predicted octanol–water partition coefficient (Wildman–Crippen LogP) is 12.4. The molecule has 332 valence electrons. The van der Waals surface area contributed by atoms with Crippen LogP contribution in [0.3, 0.4) is 0 Å². The van der Waals surface area contributed by atoms with E-state index in [4.69, 9.17) is 18.5 Å². The van der Waals surface area contributed by atoms with Crippen molar-refractivity contribution in [3.63, 3.8) is 0 Å². The molecule has 56 heavy (non-hydrogen) atoms. The summed E-state index contributed by atoms with van der Waals surface area (Å²) in [7, 11) is -4.63. The van der Waals surface area contributed by atoms with Crippen LogP contribution in [0.25, 0.3) is 0 Å². The highest BCUT2D eigenvalue weighted by molar-refractivity contribution is 7.47. The van der Waals surface area contributed by atoms with E-state index in [1.165, 1.54) is 135 Å². The molecular weight excluding hydrogens is 731 g/mol. The first-order valence-electron chi connectivity index (χ1n) is 23.1. The highest BCUT2D eigenvalue weighted by Crippen LogP contribution is 2.43. The molecule has 0 aromatic heterocycles. The van der Waals surface area contributed by atoms with Crippen LogP contribution in [0.4, 0.5) is 0 Å². The van der Waals surface area contributed by atoms with Crippen LogP contribution in [0.15, 0.2) is 12.2 Å². The second kappa shape index (κ2) is 41.9. The first kappa shape index (κ1) is 54.7. The lowest BCUT2D eigenvalue weighted by Crippen LogP contribution is -2.28.